The number of fused-ring (bicyclic) bond motifs is 1. The average Bonchev–Trinajstić information content (AvgIpc) is 3.07. The second kappa shape index (κ2) is 8.45. The summed E-state index contributed by atoms with van der Waals surface area (Å²) in [4.78, 5) is 32.1. The van der Waals surface area contributed by atoms with Crippen molar-refractivity contribution in [1.82, 2.24) is 9.88 Å². The number of amides is 1. The zero-order valence-electron chi connectivity index (χ0n) is 16.1. The lowest BCUT2D eigenvalue weighted by Crippen LogP contribution is -2.33. The van der Waals surface area contributed by atoms with Crippen molar-refractivity contribution in [3.05, 3.63) is 63.7 Å². The van der Waals surface area contributed by atoms with Crippen LogP contribution in [0.3, 0.4) is 0 Å². The molecular weight excluding hydrogens is 376 g/mol. The standard InChI is InChI=1S/C20H22N4O3S/c1-14-8-9-17-18(12-14)28-20(21-17)23(11-5-10-22(2)3)19(25)15-6-4-7-16(13-15)24(26)27/h4,6-9,12-13H,5,10-11H2,1-3H3. The Morgan fingerprint density at radius 3 is 2.68 bits per heavy atom. The van der Waals surface area contributed by atoms with Crippen LogP contribution in [0.1, 0.15) is 22.3 Å². The van der Waals surface area contributed by atoms with Crippen molar-refractivity contribution in [2.24, 2.45) is 0 Å². The minimum absolute atomic E-state index is 0.0981. The largest absolute Gasteiger partial charge is 0.309 e. The molecule has 28 heavy (non-hydrogen) atoms. The van der Waals surface area contributed by atoms with E-state index in [4.69, 9.17) is 0 Å². The molecule has 0 aliphatic carbocycles. The smallest absolute Gasteiger partial charge is 0.270 e. The Bertz CT molecular complexity index is 1020. The molecule has 0 aliphatic heterocycles. The monoisotopic (exact) mass is 398 g/mol. The number of benzene rings is 2. The number of aryl methyl sites for hydroxylation is 1. The van der Waals surface area contributed by atoms with Crippen molar-refractivity contribution in [3.8, 4) is 0 Å². The van der Waals surface area contributed by atoms with E-state index in [1.54, 1.807) is 11.0 Å². The highest BCUT2D eigenvalue weighted by Crippen LogP contribution is 2.31. The van der Waals surface area contributed by atoms with Gasteiger partial charge in [-0.1, -0.05) is 23.5 Å². The van der Waals surface area contributed by atoms with Gasteiger partial charge in [0.1, 0.15) is 0 Å². The molecule has 0 fully saturated rings. The Labute approximate surface area is 167 Å². The topological polar surface area (TPSA) is 79.6 Å². The van der Waals surface area contributed by atoms with Gasteiger partial charge >= 0.3 is 0 Å². The van der Waals surface area contributed by atoms with E-state index >= 15 is 0 Å². The zero-order valence-corrected chi connectivity index (χ0v) is 16.9. The molecule has 7 nitrogen and oxygen atoms in total. The van der Waals surface area contributed by atoms with Crippen LogP contribution in [0.5, 0.6) is 0 Å². The first kappa shape index (κ1) is 19.9. The summed E-state index contributed by atoms with van der Waals surface area (Å²) in [6.45, 7) is 3.32. The Kier molecular flexibility index (Phi) is 6.01. The lowest BCUT2D eigenvalue weighted by Gasteiger charge is -2.21. The maximum Gasteiger partial charge on any atom is 0.270 e. The van der Waals surface area contributed by atoms with Crippen molar-refractivity contribution in [3.63, 3.8) is 0 Å². The van der Waals surface area contributed by atoms with Crippen molar-refractivity contribution >= 4 is 38.3 Å². The van der Waals surface area contributed by atoms with Gasteiger partial charge in [-0.2, -0.15) is 0 Å². The fraction of sp³-hybridized carbons (Fsp3) is 0.300. The Morgan fingerprint density at radius 1 is 1.18 bits per heavy atom. The maximum absolute atomic E-state index is 13.2. The minimum Gasteiger partial charge on any atom is -0.309 e. The fourth-order valence-corrected chi connectivity index (χ4v) is 3.96. The van der Waals surface area contributed by atoms with Gasteiger partial charge in [-0.3, -0.25) is 19.8 Å². The molecule has 0 unspecified atom stereocenters. The third-order valence-electron chi connectivity index (χ3n) is 4.30. The lowest BCUT2D eigenvalue weighted by molar-refractivity contribution is -0.384. The number of nitro groups is 1. The summed E-state index contributed by atoms with van der Waals surface area (Å²) < 4.78 is 1.01. The number of thiazole rings is 1. The van der Waals surface area contributed by atoms with Gasteiger partial charge in [0, 0.05) is 24.2 Å². The molecule has 0 radical (unpaired) electrons. The summed E-state index contributed by atoms with van der Waals surface area (Å²) in [7, 11) is 3.96. The van der Waals surface area contributed by atoms with Crippen LogP contribution in [0.2, 0.25) is 0 Å². The van der Waals surface area contributed by atoms with Crippen molar-refractivity contribution < 1.29 is 9.72 Å². The minimum atomic E-state index is -0.492. The number of non-ortho nitro benzene ring substituents is 1. The van der Waals surface area contributed by atoms with E-state index in [9.17, 15) is 14.9 Å². The molecule has 0 N–H and O–H groups in total. The molecule has 146 valence electrons. The average molecular weight is 398 g/mol. The number of carbonyl (C=O) groups excluding carboxylic acids is 1. The van der Waals surface area contributed by atoms with Gasteiger partial charge < -0.3 is 4.90 Å². The molecule has 1 aromatic heterocycles. The van der Waals surface area contributed by atoms with Gasteiger partial charge in [0.2, 0.25) is 0 Å². The number of hydrogen-bond acceptors (Lipinski definition) is 6. The van der Waals surface area contributed by atoms with Crippen LogP contribution in [0.4, 0.5) is 10.8 Å². The quantitative estimate of drug-likeness (QED) is 0.442. The summed E-state index contributed by atoms with van der Waals surface area (Å²) >= 11 is 1.46. The van der Waals surface area contributed by atoms with Gasteiger partial charge in [-0.25, -0.2) is 4.98 Å². The second-order valence-corrected chi connectivity index (χ2v) is 7.90. The zero-order chi connectivity index (χ0) is 20.3. The third-order valence-corrected chi connectivity index (χ3v) is 5.34. The first-order valence-electron chi connectivity index (χ1n) is 8.93. The number of nitrogens with zero attached hydrogens (tertiary/aromatic N) is 4. The third kappa shape index (κ3) is 4.52. The highest BCUT2D eigenvalue weighted by atomic mass is 32.1. The summed E-state index contributed by atoms with van der Waals surface area (Å²) in [6.07, 6.45) is 0.766. The summed E-state index contributed by atoms with van der Waals surface area (Å²) in [5.41, 5.74) is 2.16. The summed E-state index contributed by atoms with van der Waals surface area (Å²) in [5.74, 6) is -0.279. The van der Waals surface area contributed by atoms with Gasteiger partial charge in [0.05, 0.1) is 15.1 Å². The van der Waals surface area contributed by atoms with E-state index in [0.717, 1.165) is 28.7 Å². The molecule has 2 aromatic carbocycles. The lowest BCUT2D eigenvalue weighted by atomic mass is 10.1. The van der Waals surface area contributed by atoms with Crippen LogP contribution in [0.15, 0.2) is 42.5 Å². The van der Waals surface area contributed by atoms with Crippen molar-refractivity contribution in [1.29, 1.82) is 0 Å². The van der Waals surface area contributed by atoms with E-state index in [0.29, 0.717) is 11.7 Å². The molecule has 0 saturated heterocycles. The van der Waals surface area contributed by atoms with Crippen molar-refractivity contribution in [2.75, 3.05) is 32.1 Å². The molecule has 8 heteroatoms. The van der Waals surface area contributed by atoms with E-state index in [1.165, 1.54) is 29.5 Å². The van der Waals surface area contributed by atoms with Gasteiger partial charge in [0.25, 0.3) is 11.6 Å². The van der Waals surface area contributed by atoms with E-state index in [2.05, 4.69) is 9.88 Å². The van der Waals surface area contributed by atoms with Crippen LogP contribution < -0.4 is 4.90 Å². The van der Waals surface area contributed by atoms with Gasteiger partial charge in [-0.15, -0.1) is 0 Å². The number of nitro benzene ring substituents is 1. The van der Waals surface area contributed by atoms with Crippen LogP contribution >= 0.6 is 11.3 Å². The molecular formula is C20H22N4O3S. The van der Waals surface area contributed by atoms with E-state index < -0.39 is 4.92 Å². The molecule has 3 rings (SSSR count). The van der Waals surface area contributed by atoms with Gasteiger partial charge in [0.15, 0.2) is 5.13 Å². The number of rotatable bonds is 7. The molecule has 0 atom stereocenters. The van der Waals surface area contributed by atoms with Gasteiger partial charge in [-0.05, 0) is 57.7 Å². The van der Waals surface area contributed by atoms with Crippen LogP contribution in [0, 0.1) is 17.0 Å². The number of aromatic nitrogens is 1. The molecule has 3 aromatic rings. The predicted octanol–water partition coefficient (Wildman–Crippen LogP) is 4.11. The Balaban J connectivity index is 1.96. The number of hydrogen-bond donors (Lipinski definition) is 0. The second-order valence-electron chi connectivity index (χ2n) is 6.89. The first-order chi connectivity index (χ1) is 13.3. The first-order valence-corrected chi connectivity index (χ1v) is 9.75. The molecule has 0 saturated carbocycles. The molecule has 1 amide bonds. The van der Waals surface area contributed by atoms with E-state index in [-0.39, 0.29) is 17.2 Å². The Morgan fingerprint density at radius 2 is 1.96 bits per heavy atom. The summed E-state index contributed by atoms with van der Waals surface area (Å²) in [5, 5.41) is 11.7. The molecule has 0 spiro atoms. The SMILES string of the molecule is Cc1ccc2nc(N(CCCN(C)C)C(=O)c3cccc([N+](=O)[O-])c3)sc2c1. The number of carbonyl (C=O) groups is 1. The molecule has 0 bridgehead atoms. The highest BCUT2D eigenvalue weighted by Gasteiger charge is 2.22. The molecule has 1 heterocycles. The molecule has 0 aliphatic rings. The van der Waals surface area contributed by atoms with Crippen LogP contribution in [0.25, 0.3) is 10.2 Å². The maximum atomic E-state index is 13.2. The van der Waals surface area contributed by atoms with Crippen LogP contribution in [-0.2, 0) is 0 Å². The van der Waals surface area contributed by atoms with Crippen LogP contribution in [-0.4, -0.2) is 47.9 Å². The summed E-state index contributed by atoms with van der Waals surface area (Å²) in [6, 6.07) is 11.8. The normalized spacial score (nSPS) is 11.1. The predicted molar refractivity (Wildman–Crippen MR) is 112 cm³/mol. The van der Waals surface area contributed by atoms with E-state index in [1.807, 2.05) is 39.2 Å². The Hall–Kier alpha value is -2.84. The fourth-order valence-electron chi connectivity index (χ4n) is 2.87. The highest BCUT2D eigenvalue weighted by molar-refractivity contribution is 7.22. The van der Waals surface area contributed by atoms with Crippen molar-refractivity contribution in [2.45, 2.75) is 13.3 Å². The number of anilines is 1.